The summed E-state index contributed by atoms with van der Waals surface area (Å²) in [6, 6.07) is 9.00. The Kier molecular flexibility index (Phi) is 5.24. The van der Waals surface area contributed by atoms with Crippen molar-refractivity contribution in [3.05, 3.63) is 28.2 Å². The molecule has 2 unspecified atom stereocenters. The SMILES string of the molecule is CC(CC1CCCCN1)Nc1ccc(Br)cc1C#N. The minimum Gasteiger partial charge on any atom is -0.381 e. The number of nitriles is 1. The van der Waals surface area contributed by atoms with Gasteiger partial charge in [-0.05, 0) is 50.9 Å². The molecule has 2 N–H and O–H groups in total. The van der Waals surface area contributed by atoms with Gasteiger partial charge in [-0.2, -0.15) is 5.26 Å². The molecule has 1 aliphatic heterocycles. The van der Waals surface area contributed by atoms with Crippen LogP contribution < -0.4 is 10.6 Å². The fourth-order valence-corrected chi connectivity index (χ4v) is 2.97. The molecule has 4 heteroatoms. The molecule has 3 nitrogen and oxygen atoms in total. The van der Waals surface area contributed by atoms with E-state index in [1.165, 1.54) is 19.3 Å². The molecule has 0 spiro atoms. The third-order valence-corrected chi connectivity index (χ3v) is 4.05. The predicted molar refractivity (Wildman–Crippen MR) is 82.2 cm³/mol. The summed E-state index contributed by atoms with van der Waals surface area (Å²) in [6.45, 7) is 3.32. The maximum absolute atomic E-state index is 9.15. The van der Waals surface area contributed by atoms with Gasteiger partial charge in [-0.3, -0.25) is 0 Å². The van der Waals surface area contributed by atoms with Crippen LogP contribution in [0.2, 0.25) is 0 Å². The van der Waals surface area contributed by atoms with Crippen molar-refractivity contribution >= 4 is 21.6 Å². The number of benzene rings is 1. The Balaban J connectivity index is 1.94. The molecule has 2 rings (SSSR count). The van der Waals surface area contributed by atoms with Crippen LogP contribution in [0.1, 0.15) is 38.2 Å². The summed E-state index contributed by atoms with van der Waals surface area (Å²) in [7, 11) is 0. The Morgan fingerprint density at radius 1 is 1.53 bits per heavy atom. The summed E-state index contributed by atoms with van der Waals surface area (Å²) in [5.41, 5.74) is 1.62. The molecular formula is C15H20BrN3. The topological polar surface area (TPSA) is 47.8 Å². The van der Waals surface area contributed by atoms with E-state index in [1.54, 1.807) is 0 Å². The second kappa shape index (κ2) is 6.93. The molecule has 0 bridgehead atoms. The Labute approximate surface area is 123 Å². The summed E-state index contributed by atoms with van der Waals surface area (Å²) in [5.74, 6) is 0. The number of hydrogen-bond donors (Lipinski definition) is 2. The molecule has 1 fully saturated rings. The number of nitrogens with zero attached hydrogens (tertiary/aromatic N) is 1. The summed E-state index contributed by atoms with van der Waals surface area (Å²) < 4.78 is 0.941. The van der Waals surface area contributed by atoms with Crippen molar-refractivity contribution in [3.8, 4) is 6.07 Å². The van der Waals surface area contributed by atoms with Crippen LogP contribution in [0.15, 0.2) is 22.7 Å². The fourth-order valence-electron chi connectivity index (χ4n) is 2.61. The van der Waals surface area contributed by atoms with Crippen LogP contribution in [-0.4, -0.2) is 18.6 Å². The van der Waals surface area contributed by atoms with Gasteiger partial charge in [0, 0.05) is 16.6 Å². The highest BCUT2D eigenvalue weighted by Crippen LogP contribution is 2.22. The Morgan fingerprint density at radius 2 is 2.37 bits per heavy atom. The first-order valence-corrected chi connectivity index (χ1v) is 7.68. The lowest BCUT2D eigenvalue weighted by molar-refractivity contribution is 0.371. The zero-order chi connectivity index (χ0) is 13.7. The first-order valence-electron chi connectivity index (χ1n) is 6.88. The molecule has 1 heterocycles. The standard InChI is InChI=1S/C15H20BrN3/c1-11(8-14-4-2-3-7-18-14)19-15-6-5-13(16)9-12(15)10-17/h5-6,9,11,14,18-19H,2-4,7-8H2,1H3. The van der Waals surface area contributed by atoms with Gasteiger partial charge < -0.3 is 10.6 Å². The number of anilines is 1. The predicted octanol–water partition coefficient (Wildman–Crippen LogP) is 3.65. The molecule has 0 aliphatic carbocycles. The Hall–Kier alpha value is -1.05. The van der Waals surface area contributed by atoms with E-state index in [-0.39, 0.29) is 0 Å². The van der Waals surface area contributed by atoms with Crippen molar-refractivity contribution in [2.24, 2.45) is 0 Å². The third-order valence-electron chi connectivity index (χ3n) is 3.55. The second-order valence-corrected chi connectivity index (χ2v) is 6.15. The molecule has 1 saturated heterocycles. The van der Waals surface area contributed by atoms with Gasteiger partial charge in [0.25, 0.3) is 0 Å². The highest BCUT2D eigenvalue weighted by Gasteiger charge is 2.16. The van der Waals surface area contributed by atoms with Crippen molar-refractivity contribution in [2.75, 3.05) is 11.9 Å². The minimum absolute atomic E-state index is 0.365. The van der Waals surface area contributed by atoms with Crippen LogP contribution in [0.25, 0.3) is 0 Å². The van der Waals surface area contributed by atoms with Gasteiger partial charge in [0.05, 0.1) is 11.3 Å². The van der Waals surface area contributed by atoms with Crippen LogP contribution in [-0.2, 0) is 0 Å². The van der Waals surface area contributed by atoms with E-state index in [0.717, 1.165) is 23.1 Å². The Bertz CT molecular complexity index is 461. The number of rotatable bonds is 4. The van der Waals surface area contributed by atoms with Crippen LogP contribution in [0.5, 0.6) is 0 Å². The number of hydrogen-bond acceptors (Lipinski definition) is 3. The van der Waals surface area contributed by atoms with E-state index < -0.39 is 0 Å². The molecule has 0 radical (unpaired) electrons. The zero-order valence-electron chi connectivity index (χ0n) is 11.2. The van der Waals surface area contributed by atoms with E-state index in [4.69, 9.17) is 5.26 Å². The van der Waals surface area contributed by atoms with Crippen molar-refractivity contribution in [2.45, 2.75) is 44.7 Å². The van der Waals surface area contributed by atoms with E-state index >= 15 is 0 Å². The highest BCUT2D eigenvalue weighted by molar-refractivity contribution is 9.10. The molecule has 0 aromatic heterocycles. The van der Waals surface area contributed by atoms with Gasteiger partial charge in [0.15, 0.2) is 0 Å². The van der Waals surface area contributed by atoms with Crippen molar-refractivity contribution in [1.29, 1.82) is 5.26 Å². The first-order chi connectivity index (χ1) is 9.19. The summed E-state index contributed by atoms with van der Waals surface area (Å²) >= 11 is 3.39. The first kappa shape index (κ1) is 14.4. The molecule has 0 saturated carbocycles. The van der Waals surface area contributed by atoms with E-state index in [1.807, 2.05) is 18.2 Å². The zero-order valence-corrected chi connectivity index (χ0v) is 12.8. The largest absolute Gasteiger partial charge is 0.381 e. The fraction of sp³-hybridized carbons (Fsp3) is 0.533. The number of nitrogens with one attached hydrogen (secondary N) is 2. The van der Waals surface area contributed by atoms with Crippen molar-refractivity contribution in [3.63, 3.8) is 0 Å². The lowest BCUT2D eigenvalue weighted by Crippen LogP contribution is -2.37. The summed E-state index contributed by atoms with van der Waals surface area (Å²) in [5, 5.41) is 16.2. The van der Waals surface area contributed by atoms with Crippen molar-refractivity contribution in [1.82, 2.24) is 5.32 Å². The molecule has 1 aliphatic rings. The molecule has 102 valence electrons. The van der Waals surface area contributed by atoms with Crippen LogP contribution in [0.4, 0.5) is 5.69 Å². The Morgan fingerprint density at radius 3 is 3.05 bits per heavy atom. The van der Waals surface area contributed by atoms with Gasteiger partial charge >= 0.3 is 0 Å². The number of halogens is 1. The third kappa shape index (κ3) is 4.22. The van der Waals surface area contributed by atoms with Gasteiger partial charge in [0.1, 0.15) is 6.07 Å². The summed E-state index contributed by atoms with van der Waals surface area (Å²) in [4.78, 5) is 0. The van der Waals surface area contributed by atoms with Crippen LogP contribution >= 0.6 is 15.9 Å². The lowest BCUT2D eigenvalue weighted by atomic mass is 9.98. The molecule has 0 amide bonds. The quantitative estimate of drug-likeness (QED) is 0.889. The lowest BCUT2D eigenvalue weighted by Gasteiger charge is -2.27. The number of piperidine rings is 1. The van der Waals surface area contributed by atoms with Gasteiger partial charge in [-0.25, -0.2) is 0 Å². The monoisotopic (exact) mass is 321 g/mol. The van der Waals surface area contributed by atoms with E-state index in [2.05, 4.69) is 39.6 Å². The smallest absolute Gasteiger partial charge is 0.101 e. The van der Waals surface area contributed by atoms with Gasteiger partial charge in [0.2, 0.25) is 0 Å². The highest BCUT2D eigenvalue weighted by atomic mass is 79.9. The minimum atomic E-state index is 0.365. The van der Waals surface area contributed by atoms with Gasteiger partial charge in [-0.15, -0.1) is 0 Å². The average molecular weight is 322 g/mol. The maximum atomic E-state index is 9.15. The van der Waals surface area contributed by atoms with Crippen molar-refractivity contribution < 1.29 is 0 Å². The van der Waals surface area contributed by atoms with Gasteiger partial charge in [-0.1, -0.05) is 22.4 Å². The van der Waals surface area contributed by atoms with E-state index in [9.17, 15) is 0 Å². The second-order valence-electron chi connectivity index (χ2n) is 5.23. The average Bonchev–Trinajstić information content (AvgIpc) is 2.42. The molecule has 19 heavy (non-hydrogen) atoms. The normalized spacial score (nSPS) is 20.6. The molecule has 2 atom stereocenters. The molecule has 1 aromatic rings. The van der Waals surface area contributed by atoms with Crippen LogP contribution in [0.3, 0.4) is 0 Å². The van der Waals surface area contributed by atoms with E-state index in [0.29, 0.717) is 17.6 Å². The molecular weight excluding hydrogens is 302 g/mol. The maximum Gasteiger partial charge on any atom is 0.101 e. The summed E-state index contributed by atoms with van der Waals surface area (Å²) in [6.07, 6.45) is 4.98. The molecule has 1 aromatic carbocycles. The van der Waals surface area contributed by atoms with Crippen LogP contribution in [0, 0.1) is 11.3 Å².